The van der Waals surface area contributed by atoms with Gasteiger partial charge in [-0.1, -0.05) is 17.7 Å². The van der Waals surface area contributed by atoms with E-state index < -0.39 is 17.6 Å². The predicted octanol–water partition coefficient (Wildman–Crippen LogP) is 2.86. The summed E-state index contributed by atoms with van der Waals surface area (Å²) in [6.45, 7) is 1.53. The number of aryl methyl sites for hydroxylation is 1. The summed E-state index contributed by atoms with van der Waals surface area (Å²) in [6.07, 6.45) is 2.68. The Labute approximate surface area is 133 Å². The van der Waals surface area contributed by atoms with Crippen LogP contribution in [0.3, 0.4) is 0 Å². The van der Waals surface area contributed by atoms with Crippen LogP contribution >= 0.6 is 11.6 Å². The third-order valence-electron chi connectivity index (χ3n) is 3.81. The van der Waals surface area contributed by atoms with Crippen LogP contribution in [0.15, 0.2) is 24.5 Å². The summed E-state index contributed by atoms with van der Waals surface area (Å²) < 4.78 is 14.5. The van der Waals surface area contributed by atoms with Crippen LogP contribution in [0.1, 0.15) is 26.3 Å². The first-order valence-electron chi connectivity index (χ1n) is 6.66. The van der Waals surface area contributed by atoms with E-state index in [1.165, 1.54) is 31.5 Å². The maximum absolute atomic E-state index is 14.5. The Morgan fingerprint density at radius 3 is 2.78 bits per heavy atom. The van der Waals surface area contributed by atoms with Crippen molar-refractivity contribution in [3.8, 4) is 0 Å². The normalized spacial score (nSPS) is 14.0. The number of nitrogens with zero attached hydrogens (tertiary/aromatic N) is 3. The highest BCUT2D eigenvalue weighted by Crippen LogP contribution is 2.37. The molecule has 114 valence electrons. The molecule has 1 N–H and O–H groups in total. The van der Waals surface area contributed by atoms with Crippen LogP contribution in [0, 0.1) is 12.7 Å². The van der Waals surface area contributed by atoms with Crippen LogP contribution in [-0.2, 0) is 0 Å². The standard InChI is InChI=1S/C15H8ClFN4O2/c1-6-2-3-9(16)12(11(6)17)21-14(22)8-4-18-13-7(5-19-20-13)10(8)15(21)23/h2-5H,1H3,(H,18,19,20). The van der Waals surface area contributed by atoms with E-state index in [1.54, 1.807) is 0 Å². The topological polar surface area (TPSA) is 79.0 Å². The van der Waals surface area contributed by atoms with E-state index in [9.17, 15) is 14.0 Å². The Morgan fingerprint density at radius 1 is 1.22 bits per heavy atom. The summed E-state index contributed by atoms with van der Waals surface area (Å²) in [5, 5.41) is 6.84. The van der Waals surface area contributed by atoms with Gasteiger partial charge >= 0.3 is 0 Å². The van der Waals surface area contributed by atoms with E-state index in [0.29, 0.717) is 11.0 Å². The molecule has 8 heteroatoms. The molecule has 1 aliphatic heterocycles. The first-order chi connectivity index (χ1) is 11.0. The minimum absolute atomic E-state index is 0.0148. The Bertz CT molecular complexity index is 1010. The van der Waals surface area contributed by atoms with Gasteiger partial charge in [0.1, 0.15) is 5.69 Å². The lowest BCUT2D eigenvalue weighted by Crippen LogP contribution is -2.30. The highest BCUT2D eigenvalue weighted by atomic mass is 35.5. The van der Waals surface area contributed by atoms with Crippen molar-refractivity contribution in [2.75, 3.05) is 4.90 Å². The van der Waals surface area contributed by atoms with E-state index in [-0.39, 0.29) is 27.4 Å². The van der Waals surface area contributed by atoms with Crippen LogP contribution in [0.4, 0.5) is 10.1 Å². The van der Waals surface area contributed by atoms with Crippen molar-refractivity contribution in [1.29, 1.82) is 0 Å². The first kappa shape index (κ1) is 13.8. The van der Waals surface area contributed by atoms with Crippen molar-refractivity contribution in [3.63, 3.8) is 0 Å². The molecule has 1 aromatic carbocycles. The quantitative estimate of drug-likeness (QED) is 0.696. The number of pyridine rings is 1. The molecule has 23 heavy (non-hydrogen) atoms. The third kappa shape index (κ3) is 1.74. The maximum atomic E-state index is 14.5. The molecule has 3 heterocycles. The van der Waals surface area contributed by atoms with Crippen LogP contribution in [-0.4, -0.2) is 27.0 Å². The zero-order valence-corrected chi connectivity index (χ0v) is 12.5. The number of carbonyl (C=O) groups is 2. The van der Waals surface area contributed by atoms with E-state index >= 15 is 0 Å². The second-order valence-electron chi connectivity index (χ2n) is 5.15. The number of anilines is 1. The fourth-order valence-corrected chi connectivity index (χ4v) is 2.90. The monoisotopic (exact) mass is 330 g/mol. The van der Waals surface area contributed by atoms with Gasteiger partial charge < -0.3 is 0 Å². The molecule has 0 saturated heterocycles. The van der Waals surface area contributed by atoms with Crippen LogP contribution in [0.25, 0.3) is 11.0 Å². The maximum Gasteiger partial charge on any atom is 0.267 e. The fraction of sp³-hybridized carbons (Fsp3) is 0.0667. The lowest BCUT2D eigenvalue weighted by molar-refractivity contribution is 0.0925. The molecule has 6 nitrogen and oxygen atoms in total. The number of hydrogen-bond acceptors (Lipinski definition) is 4. The van der Waals surface area contributed by atoms with Crippen LogP contribution in [0.2, 0.25) is 5.02 Å². The number of rotatable bonds is 1. The third-order valence-corrected chi connectivity index (χ3v) is 4.12. The fourth-order valence-electron chi connectivity index (χ4n) is 2.67. The Kier molecular flexibility index (Phi) is 2.76. The Hall–Kier alpha value is -2.80. The van der Waals surface area contributed by atoms with Crippen molar-refractivity contribution in [3.05, 3.63) is 52.1 Å². The van der Waals surface area contributed by atoms with Crippen molar-refractivity contribution in [2.24, 2.45) is 0 Å². The van der Waals surface area contributed by atoms with Crippen molar-refractivity contribution >= 4 is 40.1 Å². The molecule has 3 aromatic rings. The lowest BCUT2D eigenvalue weighted by Gasteiger charge is -2.17. The minimum atomic E-state index is -0.705. The molecule has 0 spiro atoms. The zero-order chi connectivity index (χ0) is 16.3. The highest BCUT2D eigenvalue weighted by Gasteiger charge is 2.41. The molecule has 1 aliphatic rings. The smallest absolute Gasteiger partial charge is 0.267 e. The molecule has 0 aliphatic carbocycles. The van der Waals surface area contributed by atoms with Crippen LogP contribution in [0.5, 0.6) is 0 Å². The molecule has 2 amide bonds. The predicted molar refractivity (Wildman–Crippen MR) is 81.2 cm³/mol. The number of carbonyl (C=O) groups excluding carboxylic acids is 2. The lowest BCUT2D eigenvalue weighted by atomic mass is 10.1. The summed E-state index contributed by atoms with van der Waals surface area (Å²) in [5.74, 6) is -2.01. The molecule has 0 radical (unpaired) electrons. The van der Waals surface area contributed by atoms with E-state index in [1.807, 2.05) is 0 Å². The van der Waals surface area contributed by atoms with Gasteiger partial charge in [0.15, 0.2) is 11.5 Å². The number of amides is 2. The molecule has 0 unspecified atom stereocenters. The van der Waals surface area contributed by atoms with E-state index in [2.05, 4.69) is 15.2 Å². The SMILES string of the molecule is Cc1ccc(Cl)c(N2C(=O)c3cnc4[nH]ncc4c3C2=O)c1F. The summed E-state index contributed by atoms with van der Waals surface area (Å²) in [5.41, 5.74) is 0.663. The number of nitrogens with one attached hydrogen (secondary N) is 1. The molecule has 0 fully saturated rings. The van der Waals surface area contributed by atoms with Crippen LogP contribution < -0.4 is 4.90 Å². The van der Waals surface area contributed by atoms with Gasteiger partial charge in [-0.25, -0.2) is 14.3 Å². The largest absolute Gasteiger partial charge is 0.268 e. The second kappa shape index (κ2) is 4.60. The Balaban J connectivity index is 1.99. The number of benzene rings is 1. The summed E-state index contributed by atoms with van der Waals surface area (Å²) >= 11 is 6.03. The van der Waals surface area contributed by atoms with Gasteiger partial charge in [-0.2, -0.15) is 5.10 Å². The summed E-state index contributed by atoms with van der Waals surface area (Å²) in [7, 11) is 0. The Morgan fingerprint density at radius 2 is 2.00 bits per heavy atom. The van der Waals surface area contributed by atoms with Crippen molar-refractivity contribution in [2.45, 2.75) is 6.92 Å². The average molecular weight is 331 g/mol. The van der Waals surface area contributed by atoms with Crippen molar-refractivity contribution < 1.29 is 14.0 Å². The number of fused-ring (bicyclic) bond motifs is 3. The molecular formula is C15H8ClFN4O2. The van der Waals surface area contributed by atoms with E-state index in [4.69, 9.17) is 11.6 Å². The average Bonchev–Trinajstić information content (AvgIpc) is 3.09. The zero-order valence-electron chi connectivity index (χ0n) is 11.7. The molecular weight excluding hydrogens is 323 g/mol. The first-order valence-corrected chi connectivity index (χ1v) is 7.04. The van der Waals surface area contributed by atoms with Gasteiger partial charge in [0.2, 0.25) is 0 Å². The van der Waals surface area contributed by atoms with Gasteiger partial charge in [-0.05, 0) is 18.6 Å². The number of halogens is 2. The minimum Gasteiger partial charge on any atom is -0.268 e. The van der Waals surface area contributed by atoms with Gasteiger partial charge in [0.25, 0.3) is 11.8 Å². The van der Waals surface area contributed by atoms with Gasteiger partial charge in [0, 0.05) is 6.20 Å². The number of hydrogen-bond donors (Lipinski definition) is 1. The highest BCUT2D eigenvalue weighted by molar-refractivity contribution is 6.41. The van der Waals surface area contributed by atoms with E-state index in [0.717, 1.165) is 4.90 Å². The molecule has 0 saturated carbocycles. The molecule has 0 bridgehead atoms. The number of H-pyrrole nitrogens is 1. The van der Waals surface area contributed by atoms with Gasteiger partial charge in [-0.3, -0.25) is 14.7 Å². The van der Waals surface area contributed by atoms with Crippen molar-refractivity contribution in [1.82, 2.24) is 15.2 Å². The second-order valence-corrected chi connectivity index (χ2v) is 5.56. The molecule has 2 aromatic heterocycles. The summed E-state index contributed by atoms with van der Waals surface area (Å²) in [6, 6.07) is 2.93. The number of aromatic amines is 1. The number of imide groups is 1. The molecule has 4 rings (SSSR count). The van der Waals surface area contributed by atoms with Gasteiger partial charge in [-0.15, -0.1) is 0 Å². The van der Waals surface area contributed by atoms with Gasteiger partial charge in [0.05, 0.1) is 27.7 Å². The number of aromatic nitrogens is 3. The molecule has 0 atom stereocenters. The summed E-state index contributed by atoms with van der Waals surface area (Å²) in [4.78, 5) is 30.1.